The normalized spacial score (nSPS) is 24.1. The maximum absolute atomic E-state index is 12.8. The molecule has 128 valence electrons. The molecule has 0 spiro atoms. The van der Waals surface area contributed by atoms with E-state index in [4.69, 9.17) is 4.74 Å². The van der Waals surface area contributed by atoms with Gasteiger partial charge in [-0.2, -0.15) is 17.0 Å². The van der Waals surface area contributed by atoms with E-state index in [1.807, 2.05) is 18.2 Å². The van der Waals surface area contributed by atoms with Gasteiger partial charge in [-0.25, -0.2) is 4.98 Å². The lowest BCUT2D eigenvalue weighted by Crippen LogP contribution is -2.54. The molecule has 2 aliphatic heterocycles. The van der Waals surface area contributed by atoms with Gasteiger partial charge in [0.25, 0.3) is 10.2 Å². The summed E-state index contributed by atoms with van der Waals surface area (Å²) in [5.41, 5.74) is 0. The zero-order chi connectivity index (χ0) is 16.3. The molecule has 0 N–H and O–H groups in total. The minimum atomic E-state index is -3.43. The molecule has 0 radical (unpaired) electrons. The van der Waals surface area contributed by atoms with Crippen molar-refractivity contribution in [1.82, 2.24) is 13.6 Å². The fourth-order valence-corrected chi connectivity index (χ4v) is 4.67. The van der Waals surface area contributed by atoms with E-state index in [0.717, 1.165) is 25.2 Å². The van der Waals surface area contributed by atoms with Crippen molar-refractivity contribution < 1.29 is 13.2 Å². The largest absolute Gasteiger partial charge is 0.379 e. The van der Waals surface area contributed by atoms with E-state index in [0.29, 0.717) is 32.8 Å². The zero-order valence-electron chi connectivity index (χ0n) is 13.5. The second-order valence-electron chi connectivity index (χ2n) is 5.97. The van der Waals surface area contributed by atoms with Crippen molar-refractivity contribution in [1.29, 1.82) is 0 Å². The Balaban J connectivity index is 1.70. The highest BCUT2D eigenvalue weighted by Gasteiger charge is 2.35. The van der Waals surface area contributed by atoms with Crippen LogP contribution in [0.3, 0.4) is 0 Å². The number of morpholine rings is 1. The van der Waals surface area contributed by atoms with Crippen molar-refractivity contribution in [2.75, 3.05) is 51.3 Å². The number of hydrogen-bond acceptors (Lipinski definition) is 5. The zero-order valence-corrected chi connectivity index (χ0v) is 14.3. The lowest BCUT2D eigenvalue weighted by atomic mass is 10.1. The van der Waals surface area contributed by atoms with Gasteiger partial charge in [0.1, 0.15) is 5.82 Å². The number of nitrogens with zero attached hydrogens (tertiary/aromatic N) is 4. The molecule has 2 fully saturated rings. The molecule has 0 bridgehead atoms. The van der Waals surface area contributed by atoms with Crippen LogP contribution in [-0.4, -0.2) is 74.5 Å². The average Bonchev–Trinajstić information content (AvgIpc) is 2.62. The number of rotatable bonds is 4. The minimum absolute atomic E-state index is 0.0291. The fraction of sp³-hybridized carbons (Fsp3) is 0.667. The first-order valence-electron chi connectivity index (χ1n) is 8.06. The van der Waals surface area contributed by atoms with Crippen molar-refractivity contribution in [3.05, 3.63) is 24.4 Å². The Morgan fingerprint density at radius 1 is 1.26 bits per heavy atom. The van der Waals surface area contributed by atoms with Crippen LogP contribution in [0.1, 0.15) is 12.8 Å². The summed E-state index contributed by atoms with van der Waals surface area (Å²) in [6.07, 6.45) is 3.61. The van der Waals surface area contributed by atoms with Crippen LogP contribution in [0, 0.1) is 0 Å². The number of anilines is 1. The summed E-state index contributed by atoms with van der Waals surface area (Å²) in [6.45, 7) is 3.40. The number of pyridine rings is 1. The molecule has 7 nitrogen and oxygen atoms in total. The molecule has 0 aliphatic carbocycles. The highest BCUT2D eigenvalue weighted by Crippen LogP contribution is 2.23. The molecule has 0 saturated carbocycles. The Hall–Kier alpha value is -1.22. The van der Waals surface area contributed by atoms with Crippen LogP contribution in [-0.2, 0) is 14.9 Å². The maximum Gasteiger partial charge on any atom is 0.282 e. The van der Waals surface area contributed by atoms with Gasteiger partial charge in [-0.15, -0.1) is 0 Å². The number of ether oxygens (including phenoxy) is 1. The molecule has 1 atom stereocenters. The Labute approximate surface area is 138 Å². The second kappa shape index (κ2) is 7.12. The first kappa shape index (κ1) is 16.6. The molecule has 0 unspecified atom stereocenters. The predicted octanol–water partition coefficient (Wildman–Crippen LogP) is 0.559. The first-order chi connectivity index (χ1) is 11.1. The summed E-state index contributed by atoms with van der Waals surface area (Å²) >= 11 is 0. The summed E-state index contributed by atoms with van der Waals surface area (Å²) < 4.78 is 33.9. The lowest BCUT2D eigenvalue weighted by molar-refractivity contribution is 0.0696. The molecular weight excluding hydrogens is 316 g/mol. The van der Waals surface area contributed by atoms with Crippen molar-refractivity contribution in [2.45, 2.75) is 18.9 Å². The van der Waals surface area contributed by atoms with Gasteiger partial charge in [0.05, 0.1) is 13.2 Å². The Kier molecular flexibility index (Phi) is 5.15. The molecule has 2 aliphatic rings. The fourth-order valence-electron chi connectivity index (χ4n) is 3.15. The highest BCUT2D eigenvalue weighted by molar-refractivity contribution is 7.86. The van der Waals surface area contributed by atoms with Crippen LogP contribution < -0.4 is 4.90 Å². The minimum Gasteiger partial charge on any atom is -0.379 e. The number of piperidine rings is 1. The summed E-state index contributed by atoms with van der Waals surface area (Å²) in [4.78, 5) is 6.55. The van der Waals surface area contributed by atoms with Crippen LogP contribution in [0.5, 0.6) is 0 Å². The molecule has 8 heteroatoms. The lowest BCUT2D eigenvalue weighted by Gasteiger charge is -2.39. The van der Waals surface area contributed by atoms with Crippen molar-refractivity contribution >= 4 is 16.0 Å². The van der Waals surface area contributed by atoms with Gasteiger partial charge in [0.2, 0.25) is 0 Å². The van der Waals surface area contributed by atoms with Gasteiger partial charge < -0.3 is 9.64 Å². The maximum atomic E-state index is 12.8. The van der Waals surface area contributed by atoms with E-state index < -0.39 is 10.2 Å². The smallest absolute Gasteiger partial charge is 0.282 e. The van der Waals surface area contributed by atoms with Gasteiger partial charge in [0, 0.05) is 45.5 Å². The van der Waals surface area contributed by atoms with Crippen LogP contribution >= 0.6 is 0 Å². The van der Waals surface area contributed by atoms with Crippen LogP contribution in [0.25, 0.3) is 0 Å². The molecule has 0 aromatic carbocycles. The third-order valence-electron chi connectivity index (χ3n) is 4.54. The van der Waals surface area contributed by atoms with Crippen LogP contribution in [0.4, 0.5) is 5.82 Å². The van der Waals surface area contributed by atoms with Crippen LogP contribution in [0.2, 0.25) is 0 Å². The molecule has 0 amide bonds. The molecule has 23 heavy (non-hydrogen) atoms. The van der Waals surface area contributed by atoms with E-state index in [-0.39, 0.29) is 6.04 Å². The topological polar surface area (TPSA) is 66.0 Å². The predicted molar refractivity (Wildman–Crippen MR) is 88.5 cm³/mol. The van der Waals surface area contributed by atoms with Crippen molar-refractivity contribution in [3.63, 3.8) is 0 Å². The Morgan fingerprint density at radius 2 is 2.04 bits per heavy atom. The van der Waals surface area contributed by atoms with Crippen molar-refractivity contribution in [2.24, 2.45) is 0 Å². The number of likely N-dealkylation sites (N-methyl/N-ethyl adjacent to an activating group) is 1. The standard InChI is InChI=1S/C15H24N4O3S/c1-17(23(20,21)19-9-11-22-12-10-19)14-5-4-8-18(13-14)15-6-2-3-7-16-15/h2-3,6-7,14H,4-5,8-13H2,1H3/t14-/m1/s1. The van der Waals surface area contributed by atoms with Gasteiger partial charge in [-0.3, -0.25) is 0 Å². The van der Waals surface area contributed by atoms with Crippen molar-refractivity contribution in [3.8, 4) is 0 Å². The number of hydrogen-bond donors (Lipinski definition) is 0. The number of aromatic nitrogens is 1. The quantitative estimate of drug-likeness (QED) is 0.801. The second-order valence-corrected chi connectivity index (χ2v) is 7.95. The molecule has 3 rings (SSSR count). The van der Waals surface area contributed by atoms with E-state index in [1.54, 1.807) is 13.2 Å². The van der Waals surface area contributed by atoms with Gasteiger partial charge >= 0.3 is 0 Å². The third-order valence-corrected chi connectivity index (χ3v) is 6.59. The Morgan fingerprint density at radius 3 is 2.74 bits per heavy atom. The van der Waals surface area contributed by atoms with Gasteiger partial charge in [-0.1, -0.05) is 6.07 Å². The summed E-state index contributed by atoms with van der Waals surface area (Å²) in [6, 6.07) is 5.79. The summed E-state index contributed by atoms with van der Waals surface area (Å²) in [7, 11) is -1.74. The molecule has 3 heterocycles. The molecule has 1 aromatic heterocycles. The summed E-state index contributed by atoms with van der Waals surface area (Å²) in [5, 5.41) is 0. The van der Waals surface area contributed by atoms with Gasteiger partial charge in [0.15, 0.2) is 0 Å². The van der Waals surface area contributed by atoms with Crippen LogP contribution in [0.15, 0.2) is 24.4 Å². The van der Waals surface area contributed by atoms with E-state index in [2.05, 4.69) is 9.88 Å². The Bertz CT molecular complexity index is 604. The van der Waals surface area contributed by atoms with E-state index in [1.165, 1.54) is 8.61 Å². The first-order valence-corrected chi connectivity index (χ1v) is 9.45. The molecule has 1 aromatic rings. The molecule has 2 saturated heterocycles. The van der Waals surface area contributed by atoms with E-state index in [9.17, 15) is 8.42 Å². The van der Waals surface area contributed by atoms with E-state index >= 15 is 0 Å². The molecular formula is C15H24N4O3S. The van der Waals surface area contributed by atoms with Gasteiger partial charge in [-0.05, 0) is 25.0 Å². The third kappa shape index (κ3) is 3.65. The average molecular weight is 340 g/mol. The highest BCUT2D eigenvalue weighted by atomic mass is 32.2. The monoisotopic (exact) mass is 340 g/mol. The SMILES string of the molecule is CN([C@@H]1CCCN(c2ccccn2)C1)S(=O)(=O)N1CCOCC1. The summed E-state index contributed by atoms with van der Waals surface area (Å²) in [5.74, 6) is 0.911.